The molecule has 1 aromatic rings. The summed E-state index contributed by atoms with van der Waals surface area (Å²) in [4.78, 5) is 16.5. The molecule has 0 aliphatic heterocycles. The van der Waals surface area contributed by atoms with Crippen LogP contribution in [0.5, 0.6) is 0 Å². The summed E-state index contributed by atoms with van der Waals surface area (Å²) in [6, 6.07) is 1.15. The Kier molecular flexibility index (Phi) is 7.16. The average Bonchev–Trinajstić information content (AvgIpc) is 2.79. The molecule has 0 aliphatic carbocycles. The van der Waals surface area contributed by atoms with Crippen LogP contribution in [0.25, 0.3) is 0 Å². The first-order valence-electron chi connectivity index (χ1n) is 7.58. The Morgan fingerprint density at radius 2 is 2.00 bits per heavy atom. The van der Waals surface area contributed by atoms with Crippen molar-refractivity contribution in [2.24, 2.45) is 0 Å². The SMILES string of the molecule is CCC(=O)c1nc(COCC[Si](C)(C)C)c(SC)n1CC. The lowest BCUT2D eigenvalue weighted by Crippen LogP contribution is -2.21. The number of nitrogens with zero attached hydrogens (tertiary/aromatic N) is 2. The molecule has 0 radical (unpaired) electrons. The number of thioether (sulfide) groups is 1. The summed E-state index contributed by atoms with van der Waals surface area (Å²) >= 11 is 1.64. The molecule has 4 nitrogen and oxygen atoms in total. The molecule has 21 heavy (non-hydrogen) atoms. The van der Waals surface area contributed by atoms with Crippen LogP contribution in [0.2, 0.25) is 25.7 Å². The summed E-state index contributed by atoms with van der Waals surface area (Å²) in [6.07, 6.45) is 2.51. The summed E-state index contributed by atoms with van der Waals surface area (Å²) in [7, 11) is -1.06. The molecular weight excluding hydrogens is 300 g/mol. The van der Waals surface area contributed by atoms with E-state index in [2.05, 4.69) is 24.6 Å². The van der Waals surface area contributed by atoms with Gasteiger partial charge in [0.1, 0.15) is 5.03 Å². The highest BCUT2D eigenvalue weighted by molar-refractivity contribution is 7.98. The number of carbonyl (C=O) groups excluding carboxylic acids is 1. The van der Waals surface area contributed by atoms with Gasteiger partial charge in [-0.2, -0.15) is 0 Å². The minimum Gasteiger partial charge on any atom is -0.375 e. The first-order valence-corrected chi connectivity index (χ1v) is 12.5. The van der Waals surface area contributed by atoms with Crippen molar-refractivity contribution < 1.29 is 9.53 Å². The lowest BCUT2D eigenvalue weighted by atomic mass is 10.3. The summed E-state index contributed by atoms with van der Waals surface area (Å²) in [6.45, 7) is 13.0. The van der Waals surface area contributed by atoms with Crippen LogP contribution in [-0.2, 0) is 17.9 Å². The Morgan fingerprint density at radius 1 is 1.33 bits per heavy atom. The first-order chi connectivity index (χ1) is 9.84. The number of hydrogen-bond donors (Lipinski definition) is 0. The van der Waals surface area contributed by atoms with E-state index in [1.54, 1.807) is 11.8 Å². The number of Topliss-reactive ketones (excluding diaryl/α,β-unsaturated/α-hetero) is 1. The third kappa shape index (κ3) is 5.27. The van der Waals surface area contributed by atoms with Crippen molar-refractivity contribution >= 4 is 25.6 Å². The zero-order valence-corrected chi connectivity index (χ0v) is 16.0. The fraction of sp³-hybridized carbons (Fsp3) is 0.733. The standard InChI is InChI=1S/C15H28N2O2SSi/c1-7-13(18)14-16-12(15(20-3)17(14)8-2)11-19-9-10-21(4,5)6/h7-11H2,1-6H3. The van der Waals surface area contributed by atoms with Crippen LogP contribution in [0, 0.1) is 0 Å². The highest BCUT2D eigenvalue weighted by Gasteiger charge is 2.20. The molecule has 0 fully saturated rings. The van der Waals surface area contributed by atoms with Crippen LogP contribution in [0.4, 0.5) is 0 Å². The van der Waals surface area contributed by atoms with E-state index in [1.165, 1.54) is 0 Å². The number of rotatable bonds is 9. The van der Waals surface area contributed by atoms with Crippen molar-refractivity contribution in [2.45, 2.75) is 64.1 Å². The van der Waals surface area contributed by atoms with Crippen molar-refractivity contribution in [2.75, 3.05) is 12.9 Å². The largest absolute Gasteiger partial charge is 0.375 e. The smallest absolute Gasteiger partial charge is 0.198 e. The van der Waals surface area contributed by atoms with Gasteiger partial charge in [-0.25, -0.2) is 4.98 Å². The molecular formula is C15H28N2O2SSi. The molecule has 1 heterocycles. The van der Waals surface area contributed by atoms with Crippen LogP contribution < -0.4 is 0 Å². The van der Waals surface area contributed by atoms with Gasteiger partial charge in [0.2, 0.25) is 0 Å². The van der Waals surface area contributed by atoms with Gasteiger partial charge in [0.05, 0.1) is 12.3 Å². The molecule has 0 N–H and O–H groups in total. The van der Waals surface area contributed by atoms with Crippen molar-refractivity contribution in [1.82, 2.24) is 9.55 Å². The third-order valence-corrected chi connectivity index (χ3v) is 5.85. The molecule has 1 rings (SSSR count). The highest BCUT2D eigenvalue weighted by atomic mass is 32.2. The molecule has 0 atom stereocenters. The van der Waals surface area contributed by atoms with E-state index in [0.717, 1.165) is 29.9 Å². The fourth-order valence-corrected chi connectivity index (χ4v) is 3.55. The van der Waals surface area contributed by atoms with E-state index in [0.29, 0.717) is 18.9 Å². The molecule has 1 aromatic heterocycles. The van der Waals surface area contributed by atoms with Crippen LogP contribution in [0.1, 0.15) is 36.6 Å². The van der Waals surface area contributed by atoms with E-state index in [-0.39, 0.29) is 5.78 Å². The second-order valence-corrected chi connectivity index (χ2v) is 12.7. The summed E-state index contributed by atoms with van der Waals surface area (Å²) < 4.78 is 7.81. The van der Waals surface area contributed by atoms with Gasteiger partial charge in [-0.15, -0.1) is 11.8 Å². The van der Waals surface area contributed by atoms with E-state index < -0.39 is 8.07 Å². The first kappa shape index (κ1) is 18.5. The van der Waals surface area contributed by atoms with E-state index >= 15 is 0 Å². The molecule has 0 unspecified atom stereocenters. The maximum atomic E-state index is 12.0. The summed E-state index contributed by atoms with van der Waals surface area (Å²) in [5.74, 6) is 0.675. The van der Waals surface area contributed by atoms with E-state index in [1.807, 2.05) is 24.7 Å². The molecule has 0 spiro atoms. The number of ketones is 1. The number of aromatic nitrogens is 2. The number of ether oxygens (including phenoxy) is 1. The maximum Gasteiger partial charge on any atom is 0.198 e. The van der Waals surface area contributed by atoms with Crippen molar-refractivity contribution in [3.63, 3.8) is 0 Å². The fourth-order valence-electron chi connectivity index (χ4n) is 2.02. The zero-order valence-electron chi connectivity index (χ0n) is 14.2. The van der Waals surface area contributed by atoms with Gasteiger partial charge in [0.25, 0.3) is 0 Å². The molecule has 0 saturated carbocycles. The Hall–Kier alpha value is -0.593. The average molecular weight is 329 g/mol. The van der Waals surface area contributed by atoms with Gasteiger partial charge in [-0.1, -0.05) is 26.6 Å². The second-order valence-electron chi connectivity index (χ2n) is 6.28. The monoisotopic (exact) mass is 328 g/mol. The maximum absolute atomic E-state index is 12.0. The molecule has 0 saturated heterocycles. The lowest BCUT2D eigenvalue weighted by molar-refractivity contribution is 0.0973. The van der Waals surface area contributed by atoms with Crippen molar-refractivity contribution in [3.05, 3.63) is 11.5 Å². The Labute approximate surface area is 133 Å². The predicted octanol–water partition coefficient (Wildman–Crippen LogP) is 4.07. The van der Waals surface area contributed by atoms with Crippen molar-refractivity contribution in [1.29, 1.82) is 0 Å². The van der Waals surface area contributed by atoms with Crippen LogP contribution in [0.15, 0.2) is 5.03 Å². The third-order valence-electron chi connectivity index (χ3n) is 3.30. The Bertz CT molecular complexity index is 481. The van der Waals surface area contributed by atoms with E-state index in [9.17, 15) is 4.79 Å². The quantitative estimate of drug-likeness (QED) is 0.297. The van der Waals surface area contributed by atoms with Gasteiger partial charge in [0.15, 0.2) is 11.6 Å². The topological polar surface area (TPSA) is 44.1 Å². The summed E-state index contributed by atoms with van der Waals surface area (Å²) in [5, 5.41) is 1.06. The lowest BCUT2D eigenvalue weighted by Gasteiger charge is -2.15. The predicted molar refractivity (Wildman–Crippen MR) is 92.1 cm³/mol. The van der Waals surface area contributed by atoms with Gasteiger partial charge in [-0.05, 0) is 19.2 Å². The van der Waals surface area contributed by atoms with Gasteiger partial charge >= 0.3 is 0 Å². The highest BCUT2D eigenvalue weighted by Crippen LogP contribution is 2.24. The number of carbonyl (C=O) groups is 1. The van der Waals surface area contributed by atoms with Crippen LogP contribution >= 0.6 is 11.8 Å². The van der Waals surface area contributed by atoms with E-state index in [4.69, 9.17) is 4.74 Å². The van der Waals surface area contributed by atoms with Crippen molar-refractivity contribution in [3.8, 4) is 0 Å². The summed E-state index contributed by atoms with van der Waals surface area (Å²) in [5.41, 5.74) is 0.900. The molecule has 0 aliphatic rings. The normalized spacial score (nSPS) is 11.9. The Morgan fingerprint density at radius 3 is 2.48 bits per heavy atom. The molecule has 0 bridgehead atoms. The second kappa shape index (κ2) is 8.15. The van der Waals surface area contributed by atoms with Gasteiger partial charge < -0.3 is 9.30 Å². The van der Waals surface area contributed by atoms with Crippen LogP contribution in [0.3, 0.4) is 0 Å². The Balaban J connectivity index is 2.82. The minimum absolute atomic E-state index is 0.0977. The molecule has 0 aromatic carbocycles. The van der Waals surface area contributed by atoms with Gasteiger partial charge in [-0.3, -0.25) is 4.79 Å². The molecule has 120 valence electrons. The molecule has 6 heteroatoms. The van der Waals surface area contributed by atoms with Gasteiger partial charge in [0, 0.05) is 27.6 Å². The number of imidazole rings is 1. The number of hydrogen-bond acceptors (Lipinski definition) is 4. The zero-order chi connectivity index (χ0) is 16.0. The minimum atomic E-state index is -1.06. The molecule has 0 amide bonds. The van der Waals surface area contributed by atoms with Crippen LogP contribution in [-0.4, -0.2) is 36.3 Å².